The van der Waals surface area contributed by atoms with Gasteiger partial charge in [-0.15, -0.1) is 0 Å². The van der Waals surface area contributed by atoms with Crippen molar-refractivity contribution in [3.63, 3.8) is 0 Å². The molecular weight excluding hydrogens is 334 g/mol. The molecular formula is C24H37NO2. The highest BCUT2D eigenvalue weighted by molar-refractivity contribution is 5.69. The third-order valence-corrected chi connectivity index (χ3v) is 7.01. The first-order valence-electron chi connectivity index (χ1n) is 11.3. The number of pyridine rings is 1. The number of rotatable bonds is 7. The first-order chi connectivity index (χ1) is 13.1. The van der Waals surface area contributed by atoms with E-state index >= 15 is 0 Å². The van der Waals surface area contributed by atoms with Crippen molar-refractivity contribution in [1.29, 1.82) is 0 Å². The summed E-state index contributed by atoms with van der Waals surface area (Å²) in [4.78, 5) is 15.4. The number of esters is 1. The van der Waals surface area contributed by atoms with Crippen LogP contribution in [0.4, 0.5) is 0 Å². The summed E-state index contributed by atoms with van der Waals surface area (Å²) in [5, 5.41) is 0. The van der Waals surface area contributed by atoms with Crippen LogP contribution in [0.25, 0.3) is 0 Å². The minimum Gasteiger partial charge on any atom is -0.425 e. The molecule has 27 heavy (non-hydrogen) atoms. The Hall–Kier alpha value is -1.38. The number of nitrogens with zero attached hydrogens (tertiary/aromatic N) is 1. The maximum Gasteiger partial charge on any atom is 0.308 e. The predicted molar refractivity (Wildman–Crippen MR) is 110 cm³/mol. The molecule has 1 aromatic heterocycles. The molecule has 3 nitrogen and oxygen atoms in total. The van der Waals surface area contributed by atoms with Crippen molar-refractivity contribution in [3.05, 3.63) is 24.0 Å². The second kappa shape index (κ2) is 10.2. The third kappa shape index (κ3) is 6.33. The Bertz CT molecular complexity index is 567. The minimum atomic E-state index is -0.292. The van der Waals surface area contributed by atoms with Gasteiger partial charge in [0.2, 0.25) is 0 Å². The van der Waals surface area contributed by atoms with E-state index in [4.69, 9.17) is 4.74 Å². The van der Waals surface area contributed by atoms with Crippen LogP contribution in [0.5, 0.6) is 5.75 Å². The van der Waals surface area contributed by atoms with E-state index in [1.54, 1.807) is 6.20 Å². The molecule has 0 radical (unpaired) electrons. The summed E-state index contributed by atoms with van der Waals surface area (Å²) in [7, 11) is 0. The Labute approximate surface area is 165 Å². The lowest BCUT2D eigenvalue weighted by Gasteiger charge is -2.38. The lowest BCUT2D eigenvalue weighted by molar-refractivity contribution is -0.131. The molecule has 1 heterocycles. The van der Waals surface area contributed by atoms with Gasteiger partial charge in [0.05, 0.1) is 6.20 Å². The Kier molecular flexibility index (Phi) is 7.72. The summed E-state index contributed by atoms with van der Waals surface area (Å²) in [6.45, 7) is 3.75. The van der Waals surface area contributed by atoms with E-state index in [1.807, 2.05) is 12.1 Å². The summed E-state index contributed by atoms with van der Waals surface area (Å²) >= 11 is 0. The number of aromatic nitrogens is 1. The van der Waals surface area contributed by atoms with Crippen LogP contribution in [0.2, 0.25) is 0 Å². The smallest absolute Gasteiger partial charge is 0.308 e. The Balaban J connectivity index is 1.35. The molecule has 0 unspecified atom stereocenters. The number of hydrogen-bond donors (Lipinski definition) is 0. The normalized spacial score (nSPS) is 28.7. The third-order valence-electron chi connectivity index (χ3n) is 7.01. The van der Waals surface area contributed by atoms with Crippen LogP contribution >= 0.6 is 0 Å². The fourth-order valence-electron chi connectivity index (χ4n) is 5.44. The highest BCUT2D eigenvalue weighted by Crippen LogP contribution is 2.42. The number of hydrogen-bond acceptors (Lipinski definition) is 3. The molecule has 2 saturated carbocycles. The monoisotopic (exact) mass is 371 g/mol. The second-order valence-corrected chi connectivity index (χ2v) is 8.97. The van der Waals surface area contributed by atoms with E-state index in [0.717, 1.165) is 35.8 Å². The first-order valence-corrected chi connectivity index (χ1v) is 11.3. The van der Waals surface area contributed by atoms with Crippen molar-refractivity contribution in [1.82, 2.24) is 4.98 Å². The van der Waals surface area contributed by atoms with E-state index in [2.05, 4.69) is 11.9 Å². The largest absolute Gasteiger partial charge is 0.425 e. The van der Waals surface area contributed by atoms with E-state index < -0.39 is 0 Å². The molecule has 0 N–H and O–H groups in total. The number of aryl methyl sites for hydroxylation is 1. The topological polar surface area (TPSA) is 39.2 Å². The van der Waals surface area contributed by atoms with Crippen LogP contribution in [0.15, 0.2) is 18.3 Å². The van der Waals surface area contributed by atoms with Crippen molar-refractivity contribution in [2.24, 2.45) is 23.7 Å². The zero-order valence-corrected chi connectivity index (χ0v) is 17.3. The van der Waals surface area contributed by atoms with E-state index in [9.17, 15) is 4.79 Å². The summed E-state index contributed by atoms with van der Waals surface area (Å²) in [6, 6.07) is 3.86. The molecule has 2 aliphatic rings. The van der Waals surface area contributed by atoms with E-state index in [0.29, 0.717) is 5.75 Å². The maximum atomic E-state index is 11.0. The van der Waals surface area contributed by atoms with E-state index in [-0.39, 0.29) is 5.97 Å². The lowest BCUT2D eigenvalue weighted by atomic mass is 9.68. The fourth-order valence-corrected chi connectivity index (χ4v) is 5.44. The Morgan fingerprint density at radius 1 is 0.963 bits per heavy atom. The Morgan fingerprint density at radius 3 is 2.04 bits per heavy atom. The molecule has 0 spiro atoms. The highest BCUT2D eigenvalue weighted by Gasteiger charge is 2.30. The molecule has 0 aliphatic heterocycles. The maximum absolute atomic E-state index is 11.0. The molecule has 2 fully saturated rings. The number of carbonyl (C=O) groups excluding carboxylic acids is 1. The van der Waals surface area contributed by atoms with E-state index in [1.165, 1.54) is 77.6 Å². The van der Waals surface area contributed by atoms with Crippen molar-refractivity contribution in [2.75, 3.05) is 0 Å². The first kappa shape index (κ1) is 20.4. The van der Waals surface area contributed by atoms with Gasteiger partial charge in [-0.2, -0.15) is 0 Å². The molecule has 3 rings (SSSR count). The average Bonchev–Trinajstić information content (AvgIpc) is 2.68. The van der Waals surface area contributed by atoms with Crippen LogP contribution in [0.3, 0.4) is 0 Å². The van der Waals surface area contributed by atoms with Crippen molar-refractivity contribution in [3.8, 4) is 5.75 Å². The summed E-state index contributed by atoms with van der Waals surface area (Å²) < 4.78 is 5.05. The molecule has 0 aromatic carbocycles. The molecule has 0 saturated heterocycles. The van der Waals surface area contributed by atoms with Gasteiger partial charge < -0.3 is 4.74 Å². The number of ether oxygens (including phenoxy) is 1. The molecule has 1 aromatic rings. The molecule has 150 valence electrons. The highest BCUT2D eigenvalue weighted by atomic mass is 16.5. The fraction of sp³-hybridized carbons (Fsp3) is 0.750. The molecule has 0 bridgehead atoms. The summed E-state index contributed by atoms with van der Waals surface area (Å²) in [5.74, 6) is 4.18. The van der Waals surface area contributed by atoms with Crippen LogP contribution in [0, 0.1) is 23.7 Å². The van der Waals surface area contributed by atoms with Gasteiger partial charge in [0.15, 0.2) is 0 Å². The molecule has 2 aliphatic carbocycles. The van der Waals surface area contributed by atoms with Crippen LogP contribution in [-0.4, -0.2) is 11.0 Å². The zero-order valence-electron chi connectivity index (χ0n) is 17.3. The van der Waals surface area contributed by atoms with Crippen LogP contribution in [-0.2, 0) is 11.2 Å². The predicted octanol–water partition coefficient (Wildman–Crippen LogP) is 6.35. The van der Waals surface area contributed by atoms with Crippen molar-refractivity contribution >= 4 is 5.97 Å². The van der Waals surface area contributed by atoms with Crippen LogP contribution < -0.4 is 4.74 Å². The van der Waals surface area contributed by atoms with Crippen molar-refractivity contribution < 1.29 is 9.53 Å². The van der Waals surface area contributed by atoms with Gasteiger partial charge in [0.1, 0.15) is 5.75 Å². The summed E-state index contributed by atoms with van der Waals surface area (Å²) in [5.41, 5.74) is 1.11. The zero-order chi connectivity index (χ0) is 19.1. The molecule has 0 amide bonds. The van der Waals surface area contributed by atoms with Crippen molar-refractivity contribution in [2.45, 2.75) is 90.9 Å². The standard InChI is InChI=1S/C24H37NO2/c1-3-4-19-5-10-21(11-6-19)22-12-7-20(8-13-22)9-14-23-15-16-24(17-25-23)27-18(2)26/h15-17,19-22H,3-14H2,1-2H3/t19-,20?,21-,22?. The van der Waals surface area contributed by atoms with Gasteiger partial charge in [-0.3, -0.25) is 9.78 Å². The average molecular weight is 372 g/mol. The lowest BCUT2D eigenvalue weighted by Crippen LogP contribution is -2.26. The SMILES string of the molecule is CCC[C@H]1CC[C@H](C2CCC(CCc3ccc(OC(C)=O)cn3)CC2)CC1. The summed E-state index contributed by atoms with van der Waals surface area (Å²) in [6.07, 6.45) is 18.5. The van der Waals surface area contributed by atoms with Gasteiger partial charge in [0.25, 0.3) is 0 Å². The molecule has 3 heteroatoms. The Morgan fingerprint density at radius 2 is 1.56 bits per heavy atom. The van der Waals surface area contributed by atoms with Crippen LogP contribution in [0.1, 0.15) is 90.2 Å². The van der Waals surface area contributed by atoms with Gasteiger partial charge in [-0.05, 0) is 74.3 Å². The van der Waals surface area contributed by atoms with Gasteiger partial charge in [0, 0.05) is 12.6 Å². The number of carbonyl (C=O) groups is 1. The van der Waals surface area contributed by atoms with Gasteiger partial charge >= 0.3 is 5.97 Å². The quantitative estimate of drug-likeness (QED) is 0.524. The molecule has 0 atom stereocenters. The minimum absolute atomic E-state index is 0.292. The van der Waals surface area contributed by atoms with Gasteiger partial charge in [-0.1, -0.05) is 45.4 Å². The second-order valence-electron chi connectivity index (χ2n) is 8.97. The van der Waals surface area contributed by atoms with Gasteiger partial charge in [-0.25, -0.2) is 0 Å².